The first-order valence-electron chi connectivity index (χ1n) is 5.82. The van der Waals surface area contributed by atoms with Crippen LogP contribution in [0.4, 0.5) is 5.95 Å². The molecule has 0 aliphatic carbocycles. The van der Waals surface area contributed by atoms with Crippen molar-refractivity contribution in [3.05, 3.63) is 23.9 Å². The monoisotopic (exact) mass is 266 g/mol. The molecule has 0 amide bonds. The largest absolute Gasteiger partial charge is 0.349 e. The van der Waals surface area contributed by atoms with Crippen molar-refractivity contribution in [1.82, 2.24) is 14.6 Å². The van der Waals surface area contributed by atoms with Crippen molar-refractivity contribution < 1.29 is 8.42 Å². The molecule has 2 aromatic heterocycles. The molecule has 1 unspecified atom stereocenters. The van der Waals surface area contributed by atoms with E-state index in [1.165, 1.54) is 0 Å². The summed E-state index contributed by atoms with van der Waals surface area (Å²) >= 11 is 0. The first-order chi connectivity index (χ1) is 8.53. The van der Waals surface area contributed by atoms with Crippen molar-refractivity contribution >= 4 is 21.4 Å². The van der Waals surface area contributed by atoms with Gasteiger partial charge in [0.05, 0.1) is 11.5 Å². The molecule has 0 spiro atoms. The molecule has 2 aromatic rings. The van der Waals surface area contributed by atoms with Crippen LogP contribution in [0.2, 0.25) is 0 Å². The second-order valence-corrected chi connectivity index (χ2v) is 6.87. The number of aromatic nitrogens is 3. The maximum Gasteiger partial charge on any atom is 0.243 e. The third-order valence-electron chi connectivity index (χ3n) is 3.12. The zero-order valence-corrected chi connectivity index (χ0v) is 10.8. The van der Waals surface area contributed by atoms with Crippen LogP contribution in [0.15, 0.2) is 18.3 Å². The molecule has 6 nitrogen and oxygen atoms in total. The van der Waals surface area contributed by atoms with Crippen LogP contribution in [0, 0.1) is 6.92 Å². The summed E-state index contributed by atoms with van der Waals surface area (Å²) in [6, 6.07) is 3.79. The molecule has 7 heteroatoms. The molecule has 1 atom stereocenters. The second-order valence-electron chi connectivity index (χ2n) is 4.64. The lowest BCUT2D eigenvalue weighted by Crippen LogP contribution is -2.21. The summed E-state index contributed by atoms with van der Waals surface area (Å²) in [5.74, 6) is 0.907. The van der Waals surface area contributed by atoms with Gasteiger partial charge in [-0.3, -0.25) is 0 Å². The highest BCUT2D eigenvalue weighted by molar-refractivity contribution is 7.91. The highest BCUT2D eigenvalue weighted by Gasteiger charge is 2.28. The van der Waals surface area contributed by atoms with Crippen molar-refractivity contribution in [2.75, 3.05) is 16.8 Å². The summed E-state index contributed by atoms with van der Waals surface area (Å²) in [7, 11) is -2.88. The van der Waals surface area contributed by atoms with E-state index in [4.69, 9.17) is 0 Å². The molecule has 0 aromatic carbocycles. The lowest BCUT2D eigenvalue weighted by atomic mass is 10.3. The molecule has 0 radical (unpaired) electrons. The average molecular weight is 266 g/mol. The van der Waals surface area contributed by atoms with Gasteiger partial charge in [0.1, 0.15) is 0 Å². The van der Waals surface area contributed by atoms with Gasteiger partial charge in [0, 0.05) is 12.2 Å². The van der Waals surface area contributed by atoms with Crippen molar-refractivity contribution in [3.8, 4) is 0 Å². The summed E-state index contributed by atoms with van der Waals surface area (Å²) < 4.78 is 24.4. The van der Waals surface area contributed by atoms with Crippen LogP contribution in [-0.2, 0) is 9.84 Å². The standard InChI is InChI=1S/C11H14N4O2S/c1-8-3-2-5-15-10(8)13-11(14-15)12-9-4-6-18(16,17)7-9/h2-3,5,9H,4,6-7H2,1H3,(H,12,14). The number of rotatable bonds is 2. The van der Waals surface area contributed by atoms with Crippen molar-refractivity contribution in [3.63, 3.8) is 0 Å². The van der Waals surface area contributed by atoms with Gasteiger partial charge in [-0.25, -0.2) is 12.9 Å². The average Bonchev–Trinajstić information content (AvgIpc) is 2.83. The third-order valence-corrected chi connectivity index (χ3v) is 4.89. The second kappa shape index (κ2) is 3.94. The fourth-order valence-electron chi connectivity index (χ4n) is 2.19. The van der Waals surface area contributed by atoms with E-state index < -0.39 is 9.84 Å². The van der Waals surface area contributed by atoms with Gasteiger partial charge in [0.2, 0.25) is 5.95 Å². The zero-order valence-electron chi connectivity index (χ0n) is 10.00. The van der Waals surface area contributed by atoms with Crippen LogP contribution in [0.25, 0.3) is 5.65 Å². The number of nitrogens with zero attached hydrogens (tertiary/aromatic N) is 3. The third kappa shape index (κ3) is 2.05. The number of hydrogen-bond acceptors (Lipinski definition) is 5. The number of nitrogens with one attached hydrogen (secondary N) is 1. The molecular formula is C11H14N4O2S. The van der Waals surface area contributed by atoms with Gasteiger partial charge in [-0.1, -0.05) is 6.07 Å². The minimum absolute atomic E-state index is 0.0762. The van der Waals surface area contributed by atoms with Crippen molar-refractivity contribution in [2.24, 2.45) is 0 Å². The predicted octanol–water partition coefficient (Wildman–Crippen LogP) is 0.637. The number of aryl methyl sites for hydroxylation is 1. The molecule has 0 saturated carbocycles. The Morgan fingerprint density at radius 2 is 2.33 bits per heavy atom. The molecule has 1 N–H and O–H groups in total. The molecule has 1 aliphatic heterocycles. The fourth-order valence-corrected chi connectivity index (χ4v) is 3.87. The topological polar surface area (TPSA) is 76.4 Å². The summed E-state index contributed by atoms with van der Waals surface area (Å²) in [6.07, 6.45) is 2.45. The number of hydrogen-bond donors (Lipinski definition) is 1. The van der Waals surface area contributed by atoms with Gasteiger partial charge >= 0.3 is 0 Å². The summed E-state index contributed by atoms with van der Waals surface area (Å²) in [4.78, 5) is 4.37. The van der Waals surface area contributed by atoms with E-state index in [0.29, 0.717) is 12.4 Å². The minimum Gasteiger partial charge on any atom is -0.349 e. The Balaban J connectivity index is 1.86. The number of sulfone groups is 1. The van der Waals surface area contributed by atoms with E-state index in [1.807, 2.05) is 25.3 Å². The number of pyridine rings is 1. The zero-order chi connectivity index (χ0) is 12.8. The van der Waals surface area contributed by atoms with Gasteiger partial charge < -0.3 is 5.32 Å². The van der Waals surface area contributed by atoms with E-state index >= 15 is 0 Å². The van der Waals surface area contributed by atoms with Crippen molar-refractivity contribution in [2.45, 2.75) is 19.4 Å². The van der Waals surface area contributed by atoms with Crippen LogP contribution in [0.1, 0.15) is 12.0 Å². The molecule has 0 bridgehead atoms. The minimum atomic E-state index is -2.88. The van der Waals surface area contributed by atoms with Crippen LogP contribution in [-0.4, -0.2) is 40.6 Å². The number of anilines is 1. The van der Waals surface area contributed by atoms with Crippen molar-refractivity contribution in [1.29, 1.82) is 0 Å². The maximum atomic E-state index is 11.4. The van der Waals surface area contributed by atoms with Gasteiger partial charge in [0.15, 0.2) is 15.5 Å². The Labute approximate surface area is 105 Å². The first-order valence-corrected chi connectivity index (χ1v) is 7.65. The Hall–Kier alpha value is -1.63. The smallest absolute Gasteiger partial charge is 0.243 e. The van der Waals surface area contributed by atoms with Crippen LogP contribution in [0.3, 0.4) is 0 Å². The van der Waals surface area contributed by atoms with E-state index in [1.54, 1.807) is 4.52 Å². The lowest BCUT2D eigenvalue weighted by Gasteiger charge is -2.06. The summed E-state index contributed by atoms with van der Waals surface area (Å²) in [5, 5.41) is 7.38. The molecule has 1 aliphatic rings. The lowest BCUT2D eigenvalue weighted by molar-refractivity contribution is 0.602. The number of fused-ring (bicyclic) bond motifs is 1. The van der Waals surface area contributed by atoms with Gasteiger partial charge in [-0.15, -0.1) is 5.10 Å². The molecule has 3 heterocycles. The molecule has 18 heavy (non-hydrogen) atoms. The fraction of sp³-hybridized carbons (Fsp3) is 0.455. The Bertz CT molecular complexity index is 692. The van der Waals surface area contributed by atoms with Crippen LogP contribution in [0.5, 0.6) is 0 Å². The molecule has 3 rings (SSSR count). The molecule has 96 valence electrons. The van der Waals surface area contributed by atoms with E-state index in [0.717, 1.165) is 11.2 Å². The van der Waals surface area contributed by atoms with Gasteiger partial charge in [0.25, 0.3) is 0 Å². The Morgan fingerprint density at radius 1 is 1.50 bits per heavy atom. The van der Waals surface area contributed by atoms with Gasteiger partial charge in [-0.05, 0) is 25.0 Å². The van der Waals surface area contributed by atoms with E-state index in [-0.39, 0.29) is 17.5 Å². The molecular weight excluding hydrogens is 252 g/mol. The predicted molar refractivity (Wildman–Crippen MR) is 68.4 cm³/mol. The van der Waals surface area contributed by atoms with Crippen LogP contribution < -0.4 is 5.32 Å². The molecule has 1 fully saturated rings. The van der Waals surface area contributed by atoms with E-state index in [9.17, 15) is 8.42 Å². The van der Waals surface area contributed by atoms with E-state index in [2.05, 4.69) is 15.4 Å². The SMILES string of the molecule is Cc1cccn2nc(NC3CCS(=O)(=O)C3)nc12. The highest BCUT2D eigenvalue weighted by Crippen LogP contribution is 2.16. The first kappa shape index (κ1) is 11.5. The summed E-state index contributed by atoms with van der Waals surface area (Å²) in [6.45, 7) is 1.97. The normalized spacial score (nSPS) is 22.4. The summed E-state index contributed by atoms with van der Waals surface area (Å²) in [5.41, 5.74) is 1.83. The Morgan fingerprint density at radius 3 is 3.00 bits per heavy atom. The van der Waals surface area contributed by atoms with Gasteiger partial charge in [-0.2, -0.15) is 4.98 Å². The highest BCUT2D eigenvalue weighted by atomic mass is 32.2. The maximum absolute atomic E-state index is 11.4. The quantitative estimate of drug-likeness (QED) is 0.863. The Kier molecular flexibility index (Phi) is 2.51. The molecule has 1 saturated heterocycles. The van der Waals surface area contributed by atoms with Crippen LogP contribution >= 0.6 is 0 Å².